The lowest BCUT2D eigenvalue weighted by Crippen LogP contribution is -2.31. The van der Waals surface area contributed by atoms with Crippen molar-refractivity contribution in [1.82, 2.24) is 0 Å². The third-order valence-electron chi connectivity index (χ3n) is 4.10. The maximum absolute atomic E-state index is 12.5. The number of fused-ring (bicyclic) bond motifs is 1. The van der Waals surface area contributed by atoms with Crippen LogP contribution in [0, 0.1) is 0 Å². The summed E-state index contributed by atoms with van der Waals surface area (Å²) >= 11 is 0. The van der Waals surface area contributed by atoms with Crippen LogP contribution in [-0.4, -0.2) is 32.6 Å². The predicted molar refractivity (Wildman–Crippen MR) is 88.8 cm³/mol. The Morgan fingerprint density at radius 3 is 2.57 bits per heavy atom. The molecule has 0 unspecified atom stereocenters. The first kappa shape index (κ1) is 15.8. The van der Waals surface area contributed by atoms with Gasteiger partial charge < -0.3 is 15.5 Å². The Balaban J connectivity index is 1.98. The monoisotopic (exact) mass is 289 g/mol. The van der Waals surface area contributed by atoms with Crippen molar-refractivity contribution in [2.45, 2.75) is 38.5 Å². The Kier molecular flexibility index (Phi) is 6.05. The number of amides is 1. The van der Waals surface area contributed by atoms with E-state index in [9.17, 15) is 4.79 Å². The van der Waals surface area contributed by atoms with Crippen LogP contribution < -0.4 is 15.5 Å². The summed E-state index contributed by atoms with van der Waals surface area (Å²) in [5.41, 5.74) is 7.71. The number of para-hydroxylation sites is 2. The van der Waals surface area contributed by atoms with Gasteiger partial charge in [-0.3, -0.25) is 4.79 Å². The third-order valence-corrected chi connectivity index (χ3v) is 4.10. The summed E-state index contributed by atoms with van der Waals surface area (Å²) in [6, 6.07) is 8.21. The fourth-order valence-electron chi connectivity index (χ4n) is 2.89. The average Bonchev–Trinajstić information content (AvgIpc) is 2.67. The molecule has 0 saturated carbocycles. The van der Waals surface area contributed by atoms with Crippen LogP contribution >= 0.6 is 0 Å². The Morgan fingerprint density at radius 2 is 1.81 bits per heavy atom. The molecule has 21 heavy (non-hydrogen) atoms. The highest BCUT2D eigenvalue weighted by atomic mass is 16.2. The third kappa shape index (κ3) is 4.21. The van der Waals surface area contributed by atoms with Crippen LogP contribution in [0.25, 0.3) is 0 Å². The van der Waals surface area contributed by atoms with Gasteiger partial charge in [0, 0.05) is 26.6 Å². The van der Waals surface area contributed by atoms with Gasteiger partial charge in [-0.2, -0.15) is 0 Å². The summed E-state index contributed by atoms with van der Waals surface area (Å²) in [5.74, 6) is 0.255. The number of rotatable bonds is 6. The van der Waals surface area contributed by atoms with E-state index in [1.54, 1.807) is 0 Å². The van der Waals surface area contributed by atoms with Crippen molar-refractivity contribution in [3.63, 3.8) is 0 Å². The number of unbranched alkanes of at least 4 members (excludes halogenated alkanes) is 3. The summed E-state index contributed by atoms with van der Waals surface area (Å²) in [6.07, 6.45) is 5.91. The lowest BCUT2D eigenvalue weighted by Gasteiger charge is -2.24. The average molecular weight is 289 g/mol. The van der Waals surface area contributed by atoms with Gasteiger partial charge in [0.15, 0.2) is 0 Å². The Bertz CT molecular complexity index is 461. The van der Waals surface area contributed by atoms with Gasteiger partial charge in [0.2, 0.25) is 5.91 Å². The van der Waals surface area contributed by atoms with Crippen LogP contribution in [0.15, 0.2) is 24.3 Å². The zero-order valence-electron chi connectivity index (χ0n) is 13.1. The molecule has 0 saturated heterocycles. The molecule has 2 N–H and O–H groups in total. The fraction of sp³-hybridized carbons (Fsp3) is 0.588. The van der Waals surface area contributed by atoms with E-state index >= 15 is 0 Å². The highest BCUT2D eigenvalue weighted by Crippen LogP contribution is 2.31. The first-order valence-corrected chi connectivity index (χ1v) is 8.04. The molecule has 0 bridgehead atoms. The van der Waals surface area contributed by atoms with Gasteiger partial charge in [-0.1, -0.05) is 25.0 Å². The van der Waals surface area contributed by atoms with Gasteiger partial charge in [-0.05, 0) is 37.9 Å². The van der Waals surface area contributed by atoms with Crippen molar-refractivity contribution in [3.8, 4) is 0 Å². The molecule has 1 aromatic carbocycles. The number of hydrogen-bond acceptors (Lipinski definition) is 3. The molecular formula is C17H27N3O. The predicted octanol–water partition coefficient (Wildman–Crippen LogP) is 2.77. The van der Waals surface area contributed by atoms with Crippen molar-refractivity contribution in [1.29, 1.82) is 0 Å². The van der Waals surface area contributed by atoms with E-state index in [-0.39, 0.29) is 5.91 Å². The van der Waals surface area contributed by atoms with Crippen LogP contribution in [-0.2, 0) is 4.79 Å². The van der Waals surface area contributed by atoms with Gasteiger partial charge in [0.05, 0.1) is 11.4 Å². The maximum atomic E-state index is 12.5. The van der Waals surface area contributed by atoms with Crippen molar-refractivity contribution >= 4 is 17.3 Å². The molecule has 0 aromatic heterocycles. The number of benzene rings is 1. The van der Waals surface area contributed by atoms with Crippen molar-refractivity contribution in [2.75, 3.05) is 36.5 Å². The van der Waals surface area contributed by atoms with Gasteiger partial charge in [-0.15, -0.1) is 0 Å². The van der Waals surface area contributed by atoms with Crippen LogP contribution in [0.1, 0.15) is 38.5 Å². The van der Waals surface area contributed by atoms with Crippen molar-refractivity contribution in [2.24, 2.45) is 5.73 Å². The number of anilines is 2. The van der Waals surface area contributed by atoms with Crippen molar-refractivity contribution in [3.05, 3.63) is 24.3 Å². The topological polar surface area (TPSA) is 49.6 Å². The normalized spacial score (nSPS) is 14.8. The second-order valence-electron chi connectivity index (χ2n) is 5.76. The second-order valence-corrected chi connectivity index (χ2v) is 5.76. The van der Waals surface area contributed by atoms with E-state index < -0.39 is 0 Å². The lowest BCUT2D eigenvalue weighted by molar-refractivity contribution is -0.118. The minimum atomic E-state index is 0.255. The smallest absolute Gasteiger partial charge is 0.227 e. The molecule has 2 rings (SSSR count). The molecule has 0 aliphatic carbocycles. The minimum Gasteiger partial charge on any atom is -0.373 e. The molecule has 4 nitrogen and oxygen atoms in total. The Morgan fingerprint density at radius 1 is 1.10 bits per heavy atom. The largest absolute Gasteiger partial charge is 0.373 e. The van der Waals surface area contributed by atoms with E-state index in [4.69, 9.17) is 5.73 Å². The molecule has 1 heterocycles. The zero-order valence-corrected chi connectivity index (χ0v) is 13.1. The molecular weight excluding hydrogens is 262 g/mol. The minimum absolute atomic E-state index is 0.255. The highest BCUT2D eigenvalue weighted by Gasteiger charge is 2.22. The summed E-state index contributed by atoms with van der Waals surface area (Å²) in [5, 5.41) is 0. The zero-order chi connectivity index (χ0) is 15.1. The van der Waals surface area contributed by atoms with Gasteiger partial charge in [-0.25, -0.2) is 0 Å². The number of carbonyl (C=O) groups excluding carboxylic acids is 1. The molecule has 0 spiro atoms. The van der Waals surface area contributed by atoms with E-state index in [1.807, 2.05) is 17.0 Å². The highest BCUT2D eigenvalue weighted by molar-refractivity contribution is 5.97. The quantitative estimate of drug-likeness (QED) is 0.819. The molecule has 0 radical (unpaired) electrons. The van der Waals surface area contributed by atoms with E-state index in [1.165, 1.54) is 0 Å². The lowest BCUT2D eigenvalue weighted by atomic mass is 10.1. The molecule has 1 aliphatic rings. The first-order chi connectivity index (χ1) is 10.2. The summed E-state index contributed by atoms with van der Waals surface area (Å²) in [6.45, 7) is 2.57. The van der Waals surface area contributed by atoms with Crippen LogP contribution in [0.4, 0.5) is 11.4 Å². The number of nitrogens with two attached hydrogens (primary N) is 1. The fourth-order valence-corrected chi connectivity index (χ4v) is 2.89. The summed E-state index contributed by atoms with van der Waals surface area (Å²) in [7, 11) is 2.10. The summed E-state index contributed by atoms with van der Waals surface area (Å²) in [4.78, 5) is 16.7. The van der Waals surface area contributed by atoms with E-state index in [0.717, 1.165) is 63.1 Å². The standard InChI is InChI=1S/C17H27N3O/c1-19-13-8-14-20(16-10-6-5-9-15(16)19)17(21)11-4-2-3-7-12-18/h5-6,9-10H,2-4,7-8,11-14,18H2,1H3. The maximum Gasteiger partial charge on any atom is 0.227 e. The Hall–Kier alpha value is -1.55. The molecule has 1 aromatic rings. The molecule has 1 aliphatic heterocycles. The second kappa shape index (κ2) is 8.03. The summed E-state index contributed by atoms with van der Waals surface area (Å²) < 4.78 is 0. The molecule has 0 fully saturated rings. The number of hydrogen-bond donors (Lipinski definition) is 1. The molecule has 4 heteroatoms. The molecule has 1 amide bonds. The number of carbonyl (C=O) groups is 1. The van der Waals surface area contributed by atoms with Crippen molar-refractivity contribution < 1.29 is 4.79 Å². The van der Waals surface area contributed by atoms with Crippen LogP contribution in [0.5, 0.6) is 0 Å². The van der Waals surface area contributed by atoms with E-state index in [0.29, 0.717) is 6.42 Å². The number of nitrogens with zero attached hydrogens (tertiary/aromatic N) is 2. The molecule has 0 atom stereocenters. The van der Waals surface area contributed by atoms with Crippen LogP contribution in [0.2, 0.25) is 0 Å². The van der Waals surface area contributed by atoms with Gasteiger partial charge in [0.25, 0.3) is 0 Å². The first-order valence-electron chi connectivity index (χ1n) is 8.04. The van der Waals surface area contributed by atoms with Crippen LogP contribution in [0.3, 0.4) is 0 Å². The van der Waals surface area contributed by atoms with Gasteiger partial charge in [0.1, 0.15) is 0 Å². The SMILES string of the molecule is CN1CCCN(C(=O)CCCCCCN)c2ccccc21. The van der Waals surface area contributed by atoms with E-state index in [2.05, 4.69) is 24.1 Å². The Labute approximate surface area is 127 Å². The van der Waals surface area contributed by atoms with Gasteiger partial charge >= 0.3 is 0 Å². The molecule has 116 valence electrons.